The lowest BCUT2D eigenvalue weighted by atomic mass is 10.0. The van der Waals surface area contributed by atoms with Crippen LogP contribution in [0.4, 0.5) is 5.69 Å². The summed E-state index contributed by atoms with van der Waals surface area (Å²) >= 11 is 0. The fourth-order valence-corrected chi connectivity index (χ4v) is 2.55. The molecule has 0 heterocycles. The summed E-state index contributed by atoms with van der Waals surface area (Å²) in [5.74, 6) is -0.174. The minimum absolute atomic E-state index is 0.174. The number of carbonyl (C=O) groups excluding carboxylic acids is 1. The number of aryl methyl sites for hydroxylation is 4. The first-order chi connectivity index (χ1) is 11.0. The average molecular weight is 309 g/mol. The molecule has 0 aliphatic rings. The van der Waals surface area contributed by atoms with Gasteiger partial charge in [0.2, 0.25) is 0 Å². The van der Waals surface area contributed by atoms with Gasteiger partial charge in [0, 0.05) is 11.3 Å². The molecule has 0 saturated carbocycles. The Morgan fingerprint density at radius 3 is 2.35 bits per heavy atom. The van der Waals surface area contributed by atoms with Crippen LogP contribution in [0.15, 0.2) is 41.5 Å². The smallest absolute Gasteiger partial charge is 0.259 e. The van der Waals surface area contributed by atoms with Gasteiger partial charge in [0.05, 0.1) is 12.8 Å². The van der Waals surface area contributed by atoms with Gasteiger partial charge in [-0.2, -0.15) is 5.10 Å². The van der Waals surface area contributed by atoms with Crippen LogP contribution in [0.25, 0.3) is 0 Å². The van der Waals surface area contributed by atoms with E-state index in [0.29, 0.717) is 0 Å². The van der Waals surface area contributed by atoms with Crippen molar-refractivity contribution in [1.82, 2.24) is 5.43 Å². The minimum Gasteiger partial charge on any atom is -0.376 e. The summed E-state index contributed by atoms with van der Waals surface area (Å²) in [7, 11) is 0. The largest absolute Gasteiger partial charge is 0.376 e. The molecule has 0 radical (unpaired) electrons. The van der Waals surface area contributed by atoms with Gasteiger partial charge in [-0.3, -0.25) is 4.79 Å². The number of hydrazone groups is 1. The molecule has 2 N–H and O–H groups in total. The first-order valence-electron chi connectivity index (χ1n) is 7.66. The van der Waals surface area contributed by atoms with Gasteiger partial charge in [-0.25, -0.2) is 5.43 Å². The number of hydrogen-bond acceptors (Lipinski definition) is 3. The van der Waals surface area contributed by atoms with Gasteiger partial charge in [-0.1, -0.05) is 35.9 Å². The second-order valence-corrected chi connectivity index (χ2v) is 5.77. The third kappa shape index (κ3) is 4.68. The molecule has 0 aliphatic carbocycles. The lowest BCUT2D eigenvalue weighted by Gasteiger charge is -2.08. The Labute approximate surface area is 137 Å². The van der Waals surface area contributed by atoms with E-state index in [1.54, 1.807) is 6.21 Å². The first-order valence-corrected chi connectivity index (χ1v) is 7.66. The highest BCUT2D eigenvalue weighted by Crippen LogP contribution is 2.14. The number of carbonyl (C=O) groups is 1. The molecular weight excluding hydrogens is 286 g/mol. The van der Waals surface area contributed by atoms with E-state index < -0.39 is 0 Å². The molecule has 2 aromatic carbocycles. The minimum atomic E-state index is -0.174. The highest BCUT2D eigenvalue weighted by molar-refractivity contribution is 5.86. The van der Waals surface area contributed by atoms with E-state index in [-0.39, 0.29) is 12.5 Å². The van der Waals surface area contributed by atoms with Gasteiger partial charge in [-0.05, 0) is 50.5 Å². The molecule has 2 aromatic rings. The average Bonchev–Trinajstić information content (AvgIpc) is 2.49. The van der Waals surface area contributed by atoms with Gasteiger partial charge < -0.3 is 5.32 Å². The standard InChI is InChI=1S/C19H23N3O/c1-13-9-15(3)17(16(4)10-13)11-21-22-19(23)12-20-18-8-6-5-7-14(18)2/h5-11,20H,12H2,1-4H3,(H,22,23)/b21-11-. The molecule has 0 bridgehead atoms. The Balaban J connectivity index is 1.91. The van der Waals surface area contributed by atoms with Crippen molar-refractivity contribution in [2.24, 2.45) is 5.10 Å². The summed E-state index contributed by atoms with van der Waals surface area (Å²) in [6.07, 6.45) is 1.70. The highest BCUT2D eigenvalue weighted by atomic mass is 16.2. The fourth-order valence-electron chi connectivity index (χ4n) is 2.55. The molecule has 0 atom stereocenters. The summed E-state index contributed by atoms with van der Waals surface area (Å²) in [6.45, 7) is 8.35. The Hall–Kier alpha value is -2.62. The second-order valence-electron chi connectivity index (χ2n) is 5.77. The van der Waals surface area contributed by atoms with E-state index in [0.717, 1.165) is 27.9 Å². The predicted molar refractivity (Wildman–Crippen MR) is 96.1 cm³/mol. The van der Waals surface area contributed by atoms with Crippen LogP contribution in [-0.4, -0.2) is 18.7 Å². The SMILES string of the molecule is Cc1cc(C)c(/C=N\NC(=O)CNc2ccccc2C)c(C)c1. The summed E-state index contributed by atoms with van der Waals surface area (Å²) in [5, 5.41) is 7.17. The van der Waals surface area contributed by atoms with Crippen LogP contribution in [-0.2, 0) is 4.79 Å². The third-order valence-electron chi connectivity index (χ3n) is 3.71. The molecule has 0 unspecified atom stereocenters. The van der Waals surface area contributed by atoms with Crippen molar-refractivity contribution in [1.29, 1.82) is 0 Å². The van der Waals surface area contributed by atoms with Crippen molar-refractivity contribution < 1.29 is 4.79 Å². The summed E-state index contributed by atoms with van der Waals surface area (Å²) < 4.78 is 0. The monoisotopic (exact) mass is 309 g/mol. The van der Waals surface area contributed by atoms with Gasteiger partial charge in [0.15, 0.2) is 0 Å². The van der Waals surface area contributed by atoms with Gasteiger partial charge >= 0.3 is 0 Å². The van der Waals surface area contributed by atoms with Crippen molar-refractivity contribution in [2.75, 3.05) is 11.9 Å². The fraction of sp³-hybridized carbons (Fsp3) is 0.263. The van der Waals surface area contributed by atoms with Crippen molar-refractivity contribution in [3.8, 4) is 0 Å². The maximum atomic E-state index is 11.9. The van der Waals surface area contributed by atoms with E-state index in [1.807, 2.05) is 45.0 Å². The molecule has 1 amide bonds. The summed E-state index contributed by atoms with van der Waals surface area (Å²) in [5.41, 5.74) is 9.19. The predicted octanol–water partition coefficient (Wildman–Crippen LogP) is 3.48. The van der Waals surface area contributed by atoms with Crippen LogP contribution in [0.5, 0.6) is 0 Å². The van der Waals surface area contributed by atoms with E-state index in [9.17, 15) is 4.79 Å². The topological polar surface area (TPSA) is 53.5 Å². The Morgan fingerprint density at radius 2 is 1.70 bits per heavy atom. The molecule has 4 nitrogen and oxygen atoms in total. The summed E-state index contributed by atoms with van der Waals surface area (Å²) in [6, 6.07) is 12.1. The maximum absolute atomic E-state index is 11.9. The molecule has 0 saturated heterocycles. The quantitative estimate of drug-likeness (QED) is 0.656. The molecule has 0 aromatic heterocycles. The van der Waals surface area contributed by atoms with Crippen molar-refractivity contribution in [2.45, 2.75) is 27.7 Å². The zero-order chi connectivity index (χ0) is 16.8. The van der Waals surface area contributed by atoms with Crippen LogP contribution < -0.4 is 10.7 Å². The molecular formula is C19H23N3O. The molecule has 2 rings (SSSR count). The highest BCUT2D eigenvalue weighted by Gasteiger charge is 2.03. The molecule has 120 valence electrons. The zero-order valence-electron chi connectivity index (χ0n) is 14.1. The number of hydrogen-bond donors (Lipinski definition) is 2. The Morgan fingerprint density at radius 1 is 1.04 bits per heavy atom. The number of nitrogens with zero attached hydrogens (tertiary/aromatic N) is 1. The van der Waals surface area contributed by atoms with E-state index >= 15 is 0 Å². The van der Waals surface area contributed by atoms with E-state index in [2.05, 4.69) is 34.9 Å². The summed E-state index contributed by atoms with van der Waals surface area (Å²) in [4.78, 5) is 11.9. The number of para-hydroxylation sites is 1. The van der Waals surface area contributed by atoms with E-state index in [4.69, 9.17) is 0 Å². The van der Waals surface area contributed by atoms with Crippen LogP contribution in [0, 0.1) is 27.7 Å². The van der Waals surface area contributed by atoms with Crippen molar-refractivity contribution in [3.63, 3.8) is 0 Å². The normalized spacial score (nSPS) is 10.8. The molecule has 0 aliphatic heterocycles. The van der Waals surface area contributed by atoms with Crippen LogP contribution in [0.2, 0.25) is 0 Å². The third-order valence-corrected chi connectivity index (χ3v) is 3.71. The van der Waals surface area contributed by atoms with Crippen LogP contribution >= 0.6 is 0 Å². The Bertz CT molecular complexity index is 712. The second kappa shape index (κ2) is 7.58. The first kappa shape index (κ1) is 16.7. The number of benzene rings is 2. The lowest BCUT2D eigenvalue weighted by molar-refractivity contribution is -0.119. The Kier molecular flexibility index (Phi) is 5.52. The lowest BCUT2D eigenvalue weighted by Crippen LogP contribution is -2.26. The van der Waals surface area contributed by atoms with E-state index in [1.165, 1.54) is 5.56 Å². The number of nitrogens with one attached hydrogen (secondary N) is 2. The van der Waals surface area contributed by atoms with Crippen molar-refractivity contribution >= 4 is 17.8 Å². The van der Waals surface area contributed by atoms with Crippen LogP contribution in [0.3, 0.4) is 0 Å². The van der Waals surface area contributed by atoms with Crippen molar-refractivity contribution in [3.05, 3.63) is 64.2 Å². The zero-order valence-corrected chi connectivity index (χ0v) is 14.1. The van der Waals surface area contributed by atoms with Crippen LogP contribution in [0.1, 0.15) is 27.8 Å². The number of amides is 1. The maximum Gasteiger partial charge on any atom is 0.259 e. The molecule has 0 fully saturated rings. The molecule has 23 heavy (non-hydrogen) atoms. The molecule has 0 spiro atoms. The number of anilines is 1. The van der Waals surface area contributed by atoms with Gasteiger partial charge in [-0.15, -0.1) is 0 Å². The number of rotatable bonds is 5. The van der Waals surface area contributed by atoms with Gasteiger partial charge in [0.25, 0.3) is 5.91 Å². The van der Waals surface area contributed by atoms with Gasteiger partial charge in [0.1, 0.15) is 0 Å². The molecule has 4 heteroatoms.